The predicted molar refractivity (Wildman–Crippen MR) is 132 cm³/mol. The van der Waals surface area contributed by atoms with Crippen molar-refractivity contribution in [3.05, 3.63) is 77.8 Å². The largest absolute Gasteiger partial charge is 0.395 e. The second kappa shape index (κ2) is 17.3. The lowest BCUT2D eigenvalue weighted by Gasteiger charge is -1.99. The fraction of sp³-hybridized carbons (Fsp3) is 0.333. The van der Waals surface area contributed by atoms with Crippen LogP contribution in [0.25, 0.3) is 0 Å². The van der Waals surface area contributed by atoms with Crippen molar-refractivity contribution in [1.82, 2.24) is 0 Å². The molecule has 0 saturated heterocycles. The van der Waals surface area contributed by atoms with Gasteiger partial charge in [-0.05, 0) is 37.1 Å². The summed E-state index contributed by atoms with van der Waals surface area (Å²) in [5.41, 5.74) is 2.52. The smallest absolute Gasteiger partial charge is 0.272 e. The highest BCUT2D eigenvalue weighted by atomic mass is 79.9. The van der Waals surface area contributed by atoms with Crippen LogP contribution in [0, 0.1) is 44.4 Å². The summed E-state index contributed by atoms with van der Waals surface area (Å²) in [5, 5.41) is 37.7. The molecule has 2 rings (SSSR count). The van der Waals surface area contributed by atoms with E-state index in [0.717, 1.165) is 15.6 Å². The van der Waals surface area contributed by atoms with Crippen LogP contribution in [0.15, 0.2) is 40.9 Å². The lowest BCUT2D eigenvalue weighted by molar-refractivity contribution is -0.385. The summed E-state index contributed by atoms with van der Waals surface area (Å²) in [7, 11) is 0. The van der Waals surface area contributed by atoms with Gasteiger partial charge in [-0.1, -0.05) is 41.6 Å². The highest BCUT2D eigenvalue weighted by Crippen LogP contribution is 2.23. The lowest BCUT2D eigenvalue weighted by Crippen LogP contribution is -1.94. The Balaban J connectivity index is 0.000000530. The number of terminal acetylenes is 1. The zero-order chi connectivity index (χ0) is 25.2. The zero-order valence-electron chi connectivity index (χ0n) is 18.6. The van der Waals surface area contributed by atoms with Gasteiger partial charge in [-0.25, -0.2) is 0 Å². The maximum Gasteiger partial charge on any atom is 0.272 e. The van der Waals surface area contributed by atoms with Gasteiger partial charge in [0.15, 0.2) is 0 Å². The third-order valence-electron chi connectivity index (χ3n) is 4.00. The van der Waals surface area contributed by atoms with Crippen LogP contribution in [-0.4, -0.2) is 33.3 Å². The van der Waals surface area contributed by atoms with Crippen molar-refractivity contribution in [3.8, 4) is 24.2 Å². The molecule has 0 heterocycles. The summed E-state index contributed by atoms with van der Waals surface area (Å²) in [4.78, 5) is 20.4. The molecule has 8 nitrogen and oxygen atoms in total. The third-order valence-corrected chi connectivity index (χ3v) is 4.50. The van der Waals surface area contributed by atoms with Gasteiger partial charge in [-0.3, -0.25) is 20.2 Å². The SMILES string of the molecule is C#CCCO.CCc1cc(Br)ccc1[N+](=O)[O-].CCc1cc(C#CCCO)ccc1[N+](=O)[O-]. The van der Waals surface area contributed by atoms with E-state index in [-0.39, 0.29) is 34.4 Å². The van der Waals surface area contributed by atoms with Crippen LogP contribution in [-0.2, 0) is 12.8 Å². The van der Waals surface area contributed by atoms with E-state index in [2.05, 4.69) is 33.7 Å². The number of hydrogen-bond donors (Lipinski definition) is 2. The molecule has 0 saturated carbocycles. The van der Waals surface area contributed by atoms with Gasteiger partial charge in [-0.15, -0.1) is 12.3 Å². The number of nitro benzene ring substituents is 2. The van der Waals surface area contributed by atoms with Gasteiger partial charge < -0.3 is 10.2 Å². The quantitative estimate of drug-likeness (QED) is 0.320. The van der Waals surface area contributed by atoms with Crippen LogP contribution < -0.4 is 0 Å². The Morgan fingerprint density at radius 2 is 1.42 bits per heavy atom. The topological polar surface area (TPSA) is 127 Å². The molecular weight excluding hydrogens is 492 g/mol. The van der Waals surface area contributed by atoms with Gasteiger partial charge in [0.05, 0.1) is 23.1 Å². The first kappa shape index (κ1) is 29.8. The summed E-state index contributed by atoms with van der Waals surface area (Å²) >= 11 is 3.26. The minimum Gasteiger partial charge on any atom is -0.395 e. The molecule has 33 heavy (non-hydrogen) atoms. The Hall–Kier alpha value is -3.24. The van der Waals surface area contributed by atoms with Crippen LogP contribution in [0.3, 0.4) is 0 Å². The number of halogens is 1. The maximum absolute atomic E-state index is 10.7. The first-order valence-corrected chi connectivity index (χ1v) is 10.9. The molecule has 0 spiro atoms. The van der Waals surface area contributed by atoms with Gasteiger partial charge in [0, 0.05) is 46.1 Å². The van der Waals surface area contributed by atoms with Crippen molar-refractivity contribution < 1.29 is 20.1 Å². The molecule has 0 radical (unpaired) electrons. The van der Waals surface area contributed by atoms with E-state index < -0.39 is 0 Å². The second-order valence-electron chi connectivity index (χ2n) is 6.29. The summed E-state index contributed by atoms with van der Waals surface area (Å²) in [6.07, 6.45) is 6.90. The second-order valence-corrected chi connectivity index (χ2v) is 7.21. The van der Waals surface area contributed by atoms with Gasteiger partial charge in [0.25, 0.3) is 11.4 Å². The molecule has 2 aromatic rings. The van der Waals surface area contributed by atoms with Crippen molar-refractivity contribution in [2.75, 3.05) is 13.2 Å². The van der Waals surface area contributed by atoms with Crippen molar-refractivity contribution in [1.29, 1.82) is 0 Å². The standard InChI is InChI=1S/C12H13NO3.C8H8BrNO2.C4H6O/c1-2-11-9-10(5-3-4-8-14)6-7-12(11)13(15)16;1-2-6-5-7(9)3-4-8(6)10(11)12;1-2-3-4-5/h6-7,9,14H,2,4,8H2,1H3;3-5H,2H2,1H3;1,5H,3-4H2. The summed E-state index contributed by atoms with van der Waals surface area (Å²) in [6, 6.07) is 9.80. The normalized spacial score (nSPS) is 9.09. The van der Waals surface area contributed by atoms with Gasteiger partial charge in [0.1, 0.15) is 0 Å². The van der Waals surface area contributed by atoms with E-state index in [9.17, 15) is 20.2 Å². The molecular formula is C24H27BrN2O6. The Morgan fingerprint density at radius 1 is 0.909 bits per heavy atom. The number of aryl methyl sites for hydroxylation is 2. The number of aliphatic hydroxyl groups is 2. The molecule has 0 aliphatic carbocycles. The van der Waals surface area contributed by atoms with E-state index >= 15 is 0 Å². The van der Waals surface area contributed by atoms with Crippen molar-refractivity contribution in [2.24, 2.45) is 0 Å². The Bertz CT molecular complexity index is 1020. The first-order valence-electron chi connectivity index (χ1n) is 10.1. The molecule has 0 atom stereocenters. The molecule has 0 aliphatic rings. The fourth-order valence-corrected chi connectivity index (χ4v) is 2.83. The number of aliphatic hydroxyl groups excluding tert-OH is 2. The molecule has 176 valence electrons. The van der Waals surface area contributed by atoms with Crippen LogP contribution in [0.4, 0.5) is 11.4 Å². The fourth-order valence-electron chi connectivity index (χ4n) is 2.42. The molecule has 0 aromatic heterocycles. The predicted octanol–water partition coefficient (Wildman–Crippen LogP) is 4.81. The number of hydrogen-bond acceptors (Lipinski definition) is 6. The highest BCUT2D eigenvalue weighted by Gasteiger charge is 2.12. The van der Waals surface area contributed by atoms with E-state index in [1.165, 1.54) is 12.1 Å². The zero-order valence-corrected chi connectivity index (χ0v) is 20.2. The molecule has 2 N–H and O–H groups in total. The minimum atomic E-state index is -0.385. The number of nitrogens with zero attached hydrogens (tertiary/aromatic N) is 2. The van der Waals surface area contributed by atoms with E-state index in [0.29, 0.717) is 31.2 Å². The molecule has 0 fully saturated rings. The molecule has 0 bridgehead atoms. The number of benzene rings is 2. The van der Waals surface area contributed by atoms with Gasteiger partial charge >= 0.3 is 0 Å². The van der Waals surface area contributed by atoms with Gasteiger partial charge in [0.2, 0.25) is 0 Å². The van der Waals surface area contributed by atoms with Crippen molar-refractivity contribution in [3.63, 3.8) is 0 Å². The van der Waals surface area contributed by atoms with E-state index in [1.807, 2.05) is 13.8 Å². The average molecular weight is 519 g/mol. The summed E-state index contributed by atoms with van der Waals surface area (Å²) < 4.78 is 0.880. The van der Waals surface area contributed by atoms with Crippen LogP contribution in [0.5, 0.6) is 0 Å². The number of rotatable bonds is 6. The Morgan fingerprint density at radius 3 is 1.85 bits per heavy atom. The number of nitro groups is 2. The summed E-state index contributed by atoms with van der Waals surface area (Å²) in [5.74, 6) is 7.90. The third kappa shape index (κ3) is 11.8. The Labute approximate surface area is 202 Å². The van der Waals surface area contributed by atoms with Crippen LogP contribution in [0.2, 0.25) is 0 Å². The monoisotopic (exact) mass is 518 g/mol. The van der Waals surface area contributed by atoms with Crippen molar-refractivity contribution >= 4 is 27.3 Å². The van der Waals surface area contributed by atoms with Gasteiger partial charge in [-0.2, -0.15) is 0 Å². The molecule has 0 amide bonds. The highest BCUT2D eigenvalue weighted by molar-refractivity contribution is 9.10. The minimum absolute atomic E-state index is 0.0284. The van der Waals surface area contributed by atoms with Crippen LogP contribution >= 0.6 is 15.9 Å². The Kier molecular flexibility index (Phi) is 15.6. The first-order chi connectivity index (χ1) is 15.7. The molecule has 2 aromatic carbocycles. The molecule has 9 heteroatoms. The van der Waals surface area contributed by atoms with E-state index in [1.54, 1.807) is 24.3 Å². The average Bonchev–Trinajstić information content (AvgIpc) is 2.80. The lowest BCUT2D eigenvalue weighted by atomic mass is 10.1. The summed E-state index contributed by atoms with van der Waals surface area (Å²) in [6.45, 7) is 3.90. The van der Waals surface area contributed by atoms with Crippen LogP contribution in [0.1, 0.15) is 43.4 Å². The van der Waals surface area contributed by atoms with Crippen molar-refractivity contribution in [2.45, 2.75) is 39.5 Å². The molecule has 0 unspecified atom stereocenters. The molecule has 0 aliphatic heterocycles. The van der Waals surface area contributed by atoms with E-state index in [4.69, 9.17) is 16.6 Å². The maximum atomic E-state index is 10.7.